The van der Waals surface area contributed by atoms with Crippen LogP contribution in [0.1, 0.15) is 32.1 Å². The molecule has 0 bridgehead atoms. The third-order valence-electron chi connectivity index (χ3n) is 7.54. The fourth-order valence-electron chi connectivity index (χ4n) is 6.13. The van der Waals surface area contributed by atoms with Crippen molar-refractivity contribution >= 4 is 34.4 Å². The van der Waals surface area contributed by atoms with Gasteiger partial charge in [-0.3, -0.25) is 4.90 Å². The van der Waals surface area contributed by atoms with E-state index in [1.54, 1.807) is 24.5 Å². The second-order valence-corrected chi connectivity index (χ2v) is 11.4. The summed E-state index contributed by atoms with van der Waals surface area (Å²) in [5.74, 6) is 1.31. The Hall–Kier alpha value is -1.29. The van der Waals surface area contributed by atoms with Gasteiger partial charge in [0.25, 0.3) is 0 Å². The number of nitrogens with zero attached hydrogens (tertiary/aromatic N) is 5. The number of likely N-dealkylation sites (tertiary alicyclic amines) is 1. The number of aryl methyl sites for hydroxylation is 1. The molecule has 31 heavy (non-hydrogen) atoms. The largest absolute Gasteiger partial charge is 0.437 e. The predicted molar refractivity (Wildman–Crippen MR) is 126 cm³/mol. The second kappa shape index (κ2) is 7.64. The van der Waals surface area contributed by atoms with E-state index in [0.717, 1.165) is 49.7 Å². The standard InChI is InChI=1S/C22H33BFN5OS/c1-5-16-8-17-19(25-14-26-20(17)31-16)27-7-6-21(9-27)10-28(11-21)18(15(2)3)22(24)12-29(13-22)23(4)30/h8,14-15,18,30H,5-7,9-13H2,1-4H3/t18-/m1/s1. The molecule has 2 aromatic rings. The number of aromatic nitrogens is 2. The van der Waals surface area contributed by atoms with Crippen LogP contribution >= 0.6 is 11.3 Å². The van der Waals surface area contributed by atoms with Crippen LogP contribution in [0.25, 0.3) is 10.2 Å². The first-order chi connectivity index (χ1) is 14.7. The van der Waals surface area contributed by atoms with Crippen LogP contribution in [0, 0.1) is 11.3 Å². The number of halogens is 1. The molecular formula is C22H33BFN5OS. The van der Waals surface area contributed by atoms with Crippen molar-refractivity contribution in [3.8, 4) is 0 Å². The van der Waals surface area contributed by atoms with Crippen LogP contribution in [-0.4, -0.2) is 82.7 Å². The van der Waals surface area contributed by atoms with Crippen LogP contribution < -0.4 is 4.90 Å². The van der Waals surface area contributed by atoms with Gasteiger partial charge in [0.2, 0.25) is 0 Å². The lowest BCUT2D eigenvalue weighted by atomic mass is 9.69. The predicted octanol–water partition coefficient (Wildman–Crippen LogP) is 2.92. The van der Waals surface area contributed by atoms with Crippen molar-refractivity contribution in [3.63, 3.8) is 0 Å². The third-order valence-corrected chi connectivity index (χ3v) is 8.73. The number of hydrogen-bond donors (Lipinski definition) is 1. The summed E-state index contributed by atoms with van der Waals surface area (Å²) in [5.41, 5.74) is -0.991. The van der Waals surface area contributed by atoms with E-state index in [1.165, 1.54) is 10.3 Å². The highest BCUT2D eigenvalue weighted by Crippen LogP contribution is 2.47. The first-order valence-corrected chi connectivity index (χ1v) is 12.4. The number of alkyl halides is 1. The SMILES string of the molecule is CCc1cc2c(N3CCC4(C3)CN([C@H](C(C)C)C3(F)CN(B(C)O)C3)C4)ncnc2s1. The quantitative estimate of drug-likeness (QED) is 0.691. The molecule has 3 aliphatic heterocycles. The van der Waals surface area contributed by atoms with Gasteiger partial charge in [-0.2, -0.15) is 0 Å². The lowest BCUT2D eigenvalue weighted by Gasteiger charge is -2.59. The molecule has 0 aliphatic carbocycles. The van der Waals surface area contributed by atoms with Gasteiger partial charge < -0.3 is 14.7 Å². The Labute approximate surface area is 188 Å². The molecule has 3 saturated heterocycles. The van der Waals surface area contributed by atoms with Crippen molar-refractivity contribution < 1.29 is 9.41 Å². The highest BCUT2D eigenvalue weighted by molar-refractivity contribution is 7.18. The Bertz CT molecular complexity index is 957. The molecule has 1 spiro atoms. The molecule has 3 fully saturated rings. The molecule has 0 saturated carbocycles. The van der Waals surface area contributed by atoms with Crippen molar-refractivity contribution in [3.05, 3.63) is 17.3 Å². The van der Waals surface area contributed by atoms with Crippen LogP contribution in [0.5, 0.6) is 0 Å². The molecular weight excluding hydrogens is 412 g/mol. The van der Waals surface area contributed by atoms with Crippen molar-refractivity contribution in [2.75, 3.05) is 44.2 Å². The lowest BCUT2D eigenvalue weighted by Crippen LogP contribution is -2.75. The Morgan fingerprint density at radius 2 is 1.97 bits per heavy atom. The average Bonchev–Trinajstić information content (AvgIpc) is 3.29. The Balaban J connectivity index is 1.28. The van der Waals surface area contributed by atoms with Gasteiger partial charge in [-0.1, -0.05) is 20.8 Å². The summed E-state index contributed by atoms with van der Waals surface area (Å²) in [6.07, 6.45) is 3.84. The molecule has 9 heteroatoms. The van der Waals surface area contributed by atoms with E-state index >= 15 is 4.39 Å². The summed E-state index contributed by atoms with van der Waals surface area (Å²) in [6.45, 7) is 12.7. The number of thiophene rings is 1. The Morgan fingerprint density at radius 1 is 1.23 bits per heavy atom. The van der Waals surface area contributed by atoms with E-state index < -0.39 is 12.7 Å². The third kappa shape index (κ3) is 3.57. The van der Waals surface area contributed by atoms with E-state index in [-0.39, 0.29) is 17.4 Å². The summed E-state index contributed by atoms with van der Waals surface area (Å²) in [4.78, 5) is 18.1. The summed E-state index contributed by atoms with van der Waals surface area (Å²) in [5, 5.41) is 10.9. The molecule has 1 N–H and O–H groups in total. The normalized spacial score (nSPS) is 24.0. The molecule has 168 valence electrons. The topological polar surface area (TPSA) is 55.7 Å². The van der Waals surface area contributed by atoms with Crippen molar-refractivity contribution in [2.24, 2.45) is 11.3 Å². The van der Waals surface area contributed by atoms with Crippen molar-refractivity contribution in [1.82, 2.24) is 19.7 Å². The summed E-state index contributed by atoms with van der Waals surface area (Å²) in [6, 6.07) is 2.16. The monoisotopic (exact) mass is 445 g/mol. The fraction of sp³-hybridized carbons (Fsp3) is 0.727. The lowest BCUT2D eigenvalue weighted by molar-refractivity contribution is -0.130. The number of anilines is 1. The zero-order valence-electron chi connectivity index (χ0n) is 19.0. The van der Waals surface area contributed by atoms with E-state index in [1.807, 2.05) is 4.81 Å². The highest BCUT2D eigenvalue weighted by Gasteiger charge is 2.59. The zero-order chi connectivity index (χ0) is 22.0. The maximum Gasteiger partial charge on any atom is 0.376 e. The first kappa shape index (κ1) is 21.6. The highest BCUT2D eigenvalue weighted by atomic mass is 32.1. The minimum atomic E-state index is -1.23. The van der Waals surface area contributed by atoms with Crippen LogP contribution in [-0.2, 0) is 6.42 Å². The number of fused-ring (bicyclic) bond motifs is 1. The van der Waals surface area contributed by atoms with Gasteiger partial charge in [0, 0.05) is 55.6 Å². The first-order valence-electron chi connectivity index (χ1n) is 11.6. The molecule has 5 heterocycles. The summed E-state index contributed by atoms with van der Waals surface area (Å²) < 4.78 is 15.7. The molecule has 5 rings (SSSR count). The van der Waals surface area contributed by atoms with Gasteiger partial charge in [-0.05, 0) is 31.6 Å². The van der Waals surface area contributed by atoms with Crippen molar-refractivity contribution in [1.29, 1.82) is 0 Å². The van der Waals surface area contributed by atoms with Gasteiger partial charge in [-0.25, -0.2) is 14.4 Å². The molecule has 1 atom stereocenters. The molecule has 0 amide bonds. The van der Waals surface area contributed by atoms with Gasteiger partial charge in [0.1, 0.15) is 22.6 Å². The summed E-state index contributed by atoms with van der Waals surface area (Å²) in [7, 11) is -0.571. The molecule has 0 radical (unpaired) electrons. The van der Waals surface area contributed by atoms with E-state index in [0.29, 0.717) is 13.1 Å². The summed E-state index contributed by atoms with van der Waals surface area (Å²) >= 11 is 1.76. The minimum Gasteiger partial charge on any atom is -0.437 e. The number of hydrogen-bond acceptors (Lipinski definition) is 7. The van der Waals surface area contributed by atoms with Crippen LogP contribution in [0.15, 0.2) is 12.4 Å². The van der Waals surface area contributed by atoms with Gasteiger partial charge in [0.05, 0.1) is 5.39 Å². The van der Waals surface area contributed by atoms with E-state index in [4.69, 9.17) is 0 Å². The van der Waals surface area contributed by atoms with Gasteiger partial charge >= 0.3 is 7.05 Å². The van der Waals surface area contributed by atoms with Crippen LogP contribution in [0.4, 0.5) is 10.2 Å². The molecule has 2 aromatic heterocycles. The molecule has 3 aliphatic rings. The maximum absolute atomic E-state index is 15.7. The molecule has 0 unspecified atom stereocenters. The van der Waals surface area contributed by atoms with E-state index in [9.17, 15) is 5.02 Å². The van der Waals surface area contributed by atoms with Crippen molar-refractivity contribution in [2.45, 2.75) is 52.1 Å². The molecule has 6 nitrogen and oxygen atoms in total. The fourth-order valence-corrected chi connectivity index (χ4v) is 7.06. The molecule has 0 aromatic carbocycles. The second-order valence-electron chi connectivity index (χ2n) is 10.3. The zero-order valence-corrected chi connectivity index (χ0v) is 19.8. The average molecular weight is 445 g/mol. The Morgan fingerprint density at radius 3 is 2.61 bits per heavy atom. The van der Waals surface area contributed by atoms with Gasteiger partial charge in [0.15, 0.2) is 0 Å². The smallest absolute Gasteiger partial charge is 0.376 e. The van der Waals surface area contributed by atoms with Crippen LogP contribution in [0.2, 0.25) is 6.82 Å². The number of rotatable bonds is 6. The Kier molecular flexibility index (Phi) is 5.32. The van der Waals surface area contributed by atoms with Gasteiger partial charge in [-0.15, -0.1) is 11.3 Å². The van der Waals surface area contributed by atoms with E-state index in [2.05, 4.69) is 46.6 Å². The maximum atomic E-state index is 15.7. The van der Waals surface area contributed by atoms with Crippen LogP contribution in [0.3, 0.4) is 0 Å². The minimum absolute atomic E-state index is 0.0862.